The molecule has 0 atom stereocenters. The monoisotopic (exact) mass is 211 g/mol. The SMILES string of the molecule is CCN1CCCN(N2CCCCC2)C1=O. The fourth-order valence-corrected chi connectivity index (χ4v) is 2.44. The summed E-state index contributed by atoms with van der Waals surface area (Å²) in [5.41, 5.74) is 0. The van der Waals surface area contributed by atoms with E-state index in [1.807, 2.05) is 9.91 Å². The molecule has 0 saturated carbocycles. The summed E-state index contributed by atoms with van der Waals surface area (Å²) in [7, 11) is 0. The van der Waals surface area contributed by atoms with Gasteiger partial charge in [-0.3, -0.25) is 5.01 Å². The van der Waals surface area contributed by atoms with Gasteiger partial charge in [0.25, 0.3) is 0 Å². The molecule has 2 fully saturated rings. The van der Waals surface area contributed by atoms with E-state index in [2.05, 4.69) is 11.9 Å². The van der Waals surface area contributed by atoms with E-state index in [1.165, 1.54) is 19.3 Å². The molecule has 2 saturated heterocycles. The molecular weight excluding hydrogens is 190 g/mol. The van der Waals surface area contributed by atoms with Crippen molar-refractivity contribution in [3.63, 3.8) is 0 Å². The van der Waals surface area contributed by atoms with Gasteiger partial charge in [0, 0.05) is 32.7 Å². The summed E-state index contributed by atoms with van der Waals surface area (Å²) in [5.74, 6) is 0. The number of carbonyl (C=O) groups is 1. The Morgan fingerprint density at radius 2 is 1.73 bits per heavy atom. The molecule has 4 heteroatoms. The van der Waals surface area contributed by atoms with Crippen LogP contribution in [0.2, 0.25) is 0 Å². The summed E-state index contributed by atoms with van der Waals surface area (Å²) in [5, 5.41) is 4.21. The van der Waals surface area contributed by atoms with E-state index in [4.69, 9.17) is 0 Å². The van der Waals surface area contributed by atoms with Gasteiger partial charge < -0.3 is 4.90 Å². The number of hydrogen-bond acceptors (Lipinski definition) is 2. The molecule has 0 aromatic heterocycles. The second kappa shape index (κ2) is 4.84. The summed E-state index contributed by atoms with van der Waals surface area (Å²) in [6, 6.07) is 0.214. The summed E-state index contributed by atoms with van der Waals surface area (Å²) in [6.45, 7) is 6.85. The highest BCUT2D eigenvalue weighted by Gasteiger charge is 2.29. The predicted molar refractivity (Wildman–Crippen MR) is 59.4 cm³/mol. The Balaban J connectivity index is 1.97. The Hall–Kier alpha value is -0.770. The van der Waals surface area contributed by atoms with Crippen LogP contribution in [-0.2, 0) is 0 Å². The van der Waals surface area contributed by atoms with Gasteiger partial charge in [0.2, 0.25) is 0 Å². The van der Waals surface area contributed by atoms with Crippen LogP contribution in [0.3, 0.4) is 0 Å². The molecule has 0 N–H and O–H groups in total. The molecule has 2 heterocycles. The average Bonchev–Trinajstić information content (AvgIpc) is 2.30. The summed E-state index contributed by atoms with van der Waals surface area (Å²) >= 11 is 0. The van der Waals surface area contributed by atoms with Gasteiger partial charge in [0.15, 0.2) is 0 Å². The van der Waals surface area contributed by atoms with Crippen molar-refractivity contribution < 1.29 is 4.79 Å². The minimum atomic E-state index is 0.214. The summed E-state index contributed by atoms with van der Waals surface area (Å²) in [4.78, 5) is 14.0. The van der Waals surface area contributed by atoms with Crippen molar-refractivity contribution in [1.29, 1.82) is 0 Å². The Labute approximate surface area is 91.8 Å². The fraction of sp³-hybridized carbons (Fsp3) is 0.909. The van der Waals surface area contributed by atoms with E-state index in [9.17, 15) is 4.79 Å². The second-order valence-corrected chi connectivity index (χ2v) is 4.35. The quantitative estimate of drug-likeness (QED) is 0.692. The molecular formula is C11H21N3O. The van der Waals surface area contributed by atoms with Crippen molar-refractivity contribution >= 4 is 6.03 Å². The number of amides is 2. The Morgan fingerprint density at radius 1 is 1.00 bits per heavy atom. The maximum atomic E-state index is 12.1. The predicted octanol–water partition coefficient (Wildman–Crippen LogP) is 1.53. The normalized spacial score (nSPS) is 24.7. The number of piperidine rings is 1. The van der Waals surface area contributed by atoms with Gasteiger partial charge in [-0.05, 0) is 26.2 Å². The number of carbonyl (C=O) groups excluding carboxylic acids is 1. The number of urea groups is 1. The van der Waals surface area contributed by atoms with Gasteiger partial charge in [-0.25, -0.2) is 9.80 Å². The third kappa shape index (κ3) is 2.25. The van der Waals surface area contributed by atoms with E-state index in [1.54, 1.807) is 0 Å². The van der Waals surface area contributed by atoms with E-state index in [0.29, 0.717) is 0 Å². The molecule has 0 aromatic carbocycles. The third-order valence-corrected chi connectivity index (χ3v) is 3.34. The van der Waals surface area contributed by atoms with Crippen LogP contribution in [0.1, 0.15) is 32.6 Å². The molecule has 2 aliphatic heterocycles. The number of nitrogens with zero attached hydrogens (tertiary/aromatic N) is 3. The van der Waals surface area contributed by atoms with Crippen molar-refractivity contribution in [2.45, 2.75) is 32.6 Å². The Morgan fingerprint density at radius 3 is 2.40 bits per heavy atom. The first-order valence-corrected chi connectivity index (χ1v) is 6.14. The Bertz CT molecular complexity index is 226. The first-order valence-electron chi connectivity index (χ1n) is 6.14. The van der Waals surface area contributed by atoms with Crippen molar-refractivity contribution in [3.8, 4) is 0 Å². The van der Waals surface area contributed by atoms with Crippen molar-refractivity contribution in [3.05, 3.63) is 0 Å². The van der Waals surface area contributed by atoms with Crippen LogP contribution in [-0.4, -0.2) is 53.7 Å². The van der Waals surface area contributed by atoms with Gasteiger partial charge in [0.1, 0.15) is 0 Å². The standard InChI is InChI=1S/C11H21N3O/c1-2-12-7-6-10-14(11(12)15)13-8-4-3-5-9-13/h2-10H2,1H3. The zero-order valence-corrected chi connectivity index (χ0v) is 9.61. The molecule has 2 aliphatic rings. The van der Waals surface area contributed by atoms with Gasteiger partial charge >= 0.3 is 6.03 Å². The lowest BCUT2D eigenvalue weighted by atomic mass is 10.1. The molecule has 0 radical (unpaired) electrons. The van der Waals surface area contributed by atoms with Gasteiger partial charge in [-0.15, -0.1) is 0 Å². The molecule has 86 valence electrons. The van der Waals surface area contributed by atoms with Crippen LogP contribution in [0.15, 0.2) is 0 Å². The molecule has 0 spiro atoms. The van der Waals surface area contributed by atoms with E-state index < -0.39 is 0 Å². The lowest BCUT2D eigenvalue weighted by molar-refractivity contribution is -0.0297. The lowest BCUT2D eigenvalue weighted by Gasteiger charge is -2.43. The molecule has 0 bridgehead atoms. The first kappa shape index (κ1) is 10.7. The third-order valence-electron chi connectivity index (χ3n) is 3.34. The number of hydrogen-bond donors (Lipinski definition) is 0. The maximum Gasteiger partial charge on any atom is 0.334 e. The van der Waals surface area contributed by atoms with Gasteiger partial charge in [0.05, 0.1) is 0 Å². The maximum absolute atomic E-state index is 12.1. The summed E-state index contributed by atoms with van der Waals surface area (Å²) in [6.07, 6.45) is 4.89. The van der Waals surface area contributed by atoms with Crippen molar-refractivity contribution in [1.82, 2.24) is 14.9 Å². The molecule has 2 rings (SSSR count). The molecule has 4 nitrogen and oxygen atoms in total. The highest BCUT2D eigenvalue weighted by atomic mass is 16.2. The second-order valence-electron chi connectivity index (χ2n) is 4.35. The fourth-order valence-electron chi connectivity index (χ4n) is 2.44. The zero-order valence-electron chi connectivity index (χ0n) is 9.61. The van der Waals surface area contributed by atoms with Gasteiger partial charge in [-0.2, -0.15) is 0 Å². The smallest absolute Gasteiger partial charge is 0.324 e. The van der Waals surface area contributed by atoms with Crippen LogP contribution in [0.25, 0.3) is 0 Å². The molecule has 2 amide bonds. The van der Waals surface area contributed by atoms with E-state index >= 15 is 0 Å². The number of hydrazine groups is 1. The zero-order chi connectivity index (χ0) is 10.7. The highest BCUT2D eigenvalue weighted by Crippen LogP contribution is 2.16. The minimum Gasteiger partial charge on any atom is -0.324 e. The first-order chi connectivity index (χ1) is 7.33. The average molecular weight is 211 g/mol. The topological polar surface area (TPSA) is 26.8 Å². The lowest BCUT2D eigenvalue weighted by Crippen LogP contribution is -2.57. The van der Waals surface area contributed by atoms with Crippen molar-refractivity contribution in [2.75, 3.05) is 32.7 Å². The molecule has 15 heavy (non-hydrogen) atoms. The molecule has 0 unspecified atom stereocenters. The van der Waals surface area contributed by atoms with Crippen LogP contribution < -0.4 is 0 Å². The number of rotatable bonds is 2. The molecule has 0 aromatic rings. The van der Waals surface area contributed by atoms with Crippen LogP contribution in [0, 0.1) is 0 Å². The van der Waals surface area contributed by atoms with E-state index in [-0.39, 0.29) is 6.03 Å². The largest absolute Gasteiger partial charge is 0.334 e. The highest BCUT2D eigenvalue weighted by molar-refractivity contribution is 5.74. The minimum absolute atomic E-state index is 0.214. The van der Waals surface area contributed by atoms with Crippen LogP contribution in [0.5, 0.6) is 0 Å². The van der Waals surface area contributed by atoms with Gasteiger partial charge in [-0.1, -0.05) is 6.42 Å². The van der Waals surface area contributed by atoms with E-state index in [0.717, 1.165) is 39.1 Å². The molecule has 0 aliphatic carbocycles. The Kier molecular flexibility index (Phi) is 3.46. The van der Waals surface area contributed by atoms with Crippen molar-refractivity contribution in [2.24, 2.45) is 0 Å². The summed E-state index contributed by atoms with van der Waals surface area (Å²) < 4.78 is 0. The van der Waals surface area contributed by atoms with Crippen LogP contribution in [0.4, 0.5) is 4.79 Å². The van der Waals surface area contributed by atoms with Crippen LogP contribution >= 0.6 is 0 Å².